The van der Waals surface area contributed by atoms with E-state index in [1.807, 2.05) is 0 Å². The normalized spacial score (nSPS) is 22.3. The maximum atomic E-state index is 12.1. The molecule has 2 N–H and O–H groups in total. The Balaban J connectivity index is 2.01. The molecule has 0 saturated carbocycles. The first kappa shape index (κ1) is 13.8. The van der Waals surface area contributed by atoms with Crippen LogP contribution in [0.3, 0.4) is 0 Å². The number of carbonyl (C=O) groups is 3. The number of hydrogen-bond acceptors (Lipinski definition) is 3. The lowest BCUT2D eigenvalue weighted by molar-refractivity contribution is -0.116. The van der Waals surface area contributed by atoms with Crippen molar-refractivity contribution in [2.75, 3.05) is 0 Å². The molecule has 0 aromatic heterocycles. The smallest absolute Gasteiger partial charge is 0.416 e. The van der Waals surface area contributed by atoms with E-state index in [9.17, 15) is 19.5 Å². The fraction of sp³-hybridized carbons (Fsp3) is 0.133. The lowest BCUT2D eigenvalue weighted by atomic mass is 9.95. The van der Waals surface area contributed by atoms with Crippen molar-refractivity contribution >= 4 is 29.6 Å². The summed E-state index contributed by atoms with van der Waals surface area (Å²) in [6.07, 6.45) is -1.20. The lowest BCUT2D eigenvalue weighted by Gasteiger charge is -2.23. The summed E-state index contributed by atoms with van der Waals surface area (Å²) in [5, 5.41) is 12.1. The summed E-state index contributed by atoms with van der Waals surface area (Å²) in [5.74, 6) is -1.15. The molecular weight excluding hydrogens is 322 g/mol. The molecule has 8 heteroatoms. The summed E-state index contributed by atoms with van der Waals surface area (Å²) in [5.41, 5.74) is 1.81. The summed E-state index contributed by atoms with van der Waals surface area (Å²) < 4.78 is 0. The summed E-state index contributed by atoms with van der Waals surface area (Å²) in [4.78, 5) is 38.1. The number of nitrogens with zero attached hydrogens (tertiary/aromatic N) is 2. The van der Waals surface area contributed by atoms with Gasteiger partial charge in [0.1, 0.15) is 5.70 Å². The number of carbonyl (C=O) groups excluding carboxylic acids is 2. The zero-order valence-corrected chi connectivity index (χ0v) is 12.6. The number of carboxylic acid groups (broad SMARTS) is 1. The number of amides is 4. The Kier molecular flexibility index (Phi) is 2.62. The Morgan fingerprint density at radius 2 is 1.96 bits per heavy atom. The molecule has 0 aliphatic carbocycles. The maximum Gasteiger partial charge on any atom is 0.416 e. The molecule has 0 spiro atoms. The van der Waals surface area contributed by atoms with Crippen molar-refractivity contribution in [2.45, 2.75) is 12.8 Å². The number of imide groups is 1. The number of benzene rings is 1. The van der Waals surface area contributed by atoms with Gasteiger partial charge in [0.15, 0.2) is 0 Å². The highest BCUT2D eigenvalue weighted by Crippen LogP contribution is 2.55. The molecule has 1 aromatic carbocycles. The second-order valence-corrected chi connectivity index (χ2v) is 5.78. The molecule has 1 unspecified atom stereocenters. The van der Waals surface area contributed by atoms with Gasteiger partial charge in [-0.25, -0.2) is 14.5 Å². The van der Waals surface area contributed by atoms with E-state index in [1.54, 1.807) is 31.2 Å². The minimum Gasteiger partial charge on any atom is -0.464 e. The van der Waals surface area contributed by atoms with Gasteiger partial charge in [-0.05, 0) is 18.6 Å². The van der Waals surface area contributed by atoms with Gasteiger partial charge in [0.25, 0.3) is 5.91 Å². The average molecular weight is 332 g/mol. The molecule has 1 saturated heterocycles. The largest absolute Gasteiger partial charge is 0.464 e. The third kappa shape index (κ3) is 1.57. The second-order valence-electron chi connectivity index (χ2n) is 5.37. The molecule has 23 heavy (non-hydrogen) atoms. The fourth-order valence-corrected chi connectivity index (χ4v) is 3.67. The van der Waals surface area contributed by atoms with Gasteiger partial charge in [-0.2, -0.15) is 0 Å². The third-order valence-corrected chi connectivity index (χ3v) is 4.59. The molecule has 2 bridgehead atoms. The number of fused-ring (bicyclic) bond motifs is 4. The molecular formula is C15H10ClN3O4. The zero-order chi connectivity index (χ0) is 16.5. The van der Waals surface area contributed by atoms with Crippen LogP contribution in [-0.2, 0) is 4.79 Å². The van der Waals surface area contributed by atoms with E-state index >= 15 is 0 Å². The Labute approximate surface area is 135 Å². The standard InChI is InChI=1S/C15H10ClN3O4/c1-6-10-9(7-4-2-3-5-8(7)16)11(18(6)15(22)23)12-13(20)17-14(21)19(10)12/h2-5,9H,1H3,(H,22,23)(H,17,20,21). The van der Waals surface area contributed by atoms with Gasteiger partial charge in [-0.15, -0.1) is 0 Å². The van der Waals surface area contributed by atoms with Crippen molar-refractivity contribution in [2.24, 2.45) is 0 Å². The molecule has 1 aromatic rings. The highest BCUT2D eigenvalue weighted by atomic mass is 35.5. The first-order chi connectivity index (χ1) is 10.9. The second kappa shape index (κ2) is 4.36. The SMILES string of the molecule is CC1=C2C(c3ccccc3Cl)C(=C3C(=O)NC(=O)N32)N1C(=O)O. The van der Waals surface area contributed by atoms with E-state index in [1.165, 1.54) is 4.90 Å². The number of urea groups is 1. The highest BCUT2D eigenvalue weighted by Gasteiger charge is 2.57. The first-order valence-electron chi connectivity index (χ1n) is 6.81. The van der Waals surface area contributed by atoms with Crippen molar-refractivity contribution in [3.05, 3.63) is 57.6 Å². The van der Waals surface area contributed by atoms with Crippen molar-refractivity contribution in [3.8, 4) is 0 Å². The van der Waals surface area contributed by atoms with Gasteiger partial charge >= 0.3 is 12.1 Å². The number of hydrogen-bond donors (Lipinski definition) is 2. The van der Waals surface area contributed by atoms with Crippen LogP contribution >= 0.6 is 11.6 Å². The molecule has 116 valence electrons. The van der Waals surface area contributed by atoms with Gasteiger partial charge in [0.05, 0.1) is 17.3 Å². The van der Waals surface area contributed by atoms with Crippen LogP contribution in [0.4, 0.5) is 9.59 Å². The van der Waals surface area contributed by atoms with Gasteiger partial charge in [-0.3, -0.25) is 15.0 Å². The van der Waals surface area contributed by atoms with Crippen LogP contribution in [0.25, 0.3) is 0 Å². The molecule has 3 heterocycles. The monoisotopic (exact) mass is 331 g/mol. The third-order valence-electron chi connectivity index (χ3n) is 4.25. The summed E-state index contributed by atoms with van der Waals surface area (Å²) in [6, 6.07) is 6.41. The molecule has 4 rings (SSSR count). The number of rotatable bonds is 1. The summed E-state index contributed by atoms with van der Waals surface area (Å²) in [7, 11) is 0. The Bertz CT molecular complexity index is 873. The van der Waals surface area contributed by atoms with E-state index in [4.69, 9.17) is 11.6 Å². The van der Waals surface area contributed by atoms with Crippen LogP contribution in [0, 0.1) is 0 Å². The predicted molar refractivity (Wildman–Crippen MR) is 79.2 cm³/mol. The molecule has 7 nitrogen and oxygen atoms in total. The van der Waals surface area contributed by atoms with Crippen molar-refractivity contribution in [1.29, 1.82) is 0 Å². The maximum absolute atomic E-state index is 12.1. The van der Waals surface area contributed by atoms with E-state index < -0.39 is 23.9 Å². The minimum absolute atomic E-state index is 0.0583. The van der Waals surface area contributed by atoms with Crippen LogP contribution in [0.2, 0.25) is 5.02 Å². The Morgan fingerprint density at radius 3 is 2.61 bits per heavy atom. The van der Waals surface area contributed by atoms with Crippen molar-refractivity contribution < 1.29 is 19.5 Å². The molecule has 1 fully saturated rings. The van der Waals surface area contributed by atoms with Crippen LogP contribution in [0.5, 0.6) is 0 Å². The van der Waals surface area contributed by atoms with Crippen molar-refractivity contribution in [3.63, 3.8) is 0 Å². The molecule has 3 aliphatic rings. The van der Waals surface area contributed by atoms with E-state index in [0.29, 0.717) is 22.0 Å². The summed E-state index contributed by atoms with van der Waals surface area (Å²) in [6.45, 7) is 1.60. The van der Waals surface area contributed by atoms with Gasteiger partial charge in [0.2, 0.25) is 0 Å². The first-order valence-corrected chi connectivity index (χ1v) is 7.19. The average Bonchev–Trinajstić information content (AvgIpc) is 3.06. The molecule has 3 aliphatic heterocycles. The predicted octanol–water partition coefficient (Wildman–Crippen LogP) is 2.43. The quantitative estimate of drug-likeness (QED) is 0.773. The van der Waals surface area contributed by atoms with Crippen LogP contribution < -0.4 is 5.32 Å². The minimum atomic E-state index is -1.20. The Hall–Kier alpha value is -2.80. The lowest BCUT2D eigenvalue weighted by Crippen LogP contribution is -2.31. The van der Waals surface area contributed by atoms with Gasteiger partial charge in [0, 0.05) is 10.7 Å². The zero-order valence-electron chi connectivity index (χ0n) is 11.8. The molecule has 1 atom stereocenters. The van der Waals surface area contributed by atoms with Crippen LogP contribution in [-0.4, -0.2) is 32.9 Å². The molecule has 0 radical (unpaired) electrons. The van der Waals surface area contributed by atoms with Crippen LogP contribution in [0.15, 0.2) is 47.1 Å². The van der Waals surface area contributed by atoms with E-state index in [-0.39, 0.29) is 11.4 Å². The number of halogens is 1. The molecule has 4 amide bonds. The van der Waals surface area contributed by atoms with Gasteiger partial charge in [-0.1, -0.05) is 29.8 Å². The topological polar surface area (TPSA) is 90.0 Å². The van der Waals surface area contributed by atoms with Crippen molar-refractivity contribution in [1.82, 2.24) is 15.1 Å². The van der Waals surface area contributed by atoms with Gasteiger partial charge < -0.3 is 5.11 Å². The van der Waals surface area contributed by atoms with Crippen LogP contribution in [0.1, 0.15) is 18.4 Å². The fourth-order valence-electron chi connectivity index (χ4n) is 3.42. The van der Waals surface area contributed by atoms with E-state index in [2.05, 4.69) is 5.32 Å². The Morgan fingerprint density at radius 1 is 1.26 bits per heavy atom. The highest BCUT2D eigenvalue weighted by molar-refractivity contribution is 6.31. The number of nitrogens with one attached hydrogen (secondary N) is 1. The summed E-state index contributed by atoms with van der Waals surface area (Å²) >= 11 is 6.25. The van der Waals surface area contributed by atoms with E-state index in [0.717, 1.165) is 4.90 Å². The number of allylic oxidation sites excluding steroid dienone is 1.